The lowest BCUT2D eigenvalue weighted by molar-refractivity contribution is 0.354. The van der Waals surface area contributed by atoms with Crippen molar-refractivity contribution >= 4 is 41.5 Å². The summed E-state index contributed by atoms with van der Waals surface area (Å²) in [5.74, 6) is -0.0780. The molecule has 6 nitrogen and oxygen atoms in total. The summed E-state index contributed by atoms with van der Waals surface area (Å²) in [6, 6.07) is 3.88. The van der Waals surface area contributed by atoms with Gasteiger partial charge in [-0.05, 0) is 40.5 Å². The van der Waals surface area contributed by atoms with Gasteiger partial charge in [0.15, 0.2) is 9.84 Å². The van der Waals surface area contributed by atoms with Crippen molar-refractivity contribution in [3.05, 3.63) is 22.7 Å². The minimum Gasteiger partial charge on any atom is -0.398 e. The van der Waals surface area contributed by atoms with Gasteiger partial charge in [-0.1, -0.05) is 6.92 Å². The predicted molar refractivity (Wildman–Crippen MR) is 85.2 cm³/mol. The van der Waals surface area contributed by atoms with Crippen LogP contribution in [0.2, 0.25) is 0 Å². The number of halogens is 1. The maximum Gasteiger partial charge on any atom is 0.243 e. The smallest absolute Gasteiger partial charge is 0.243 e. The minimum atomic E-state index is -3.74. The summed E-state index contributed by atoms with van der Waals surface area (Å²) in [4.78, 5) is 0.106. The van der Waals surface area contributed by atoms with E-state index in [1.807, 2.05) is 0 Å². The normalized spacial score (nSPS) is 21.8. The number of rotatable bonds is 4. The van der Waals surface area contributed by atoms with E-state index in [0.717, 1.165) is 0 Å². The number of benzene rings is 1. The second kappa shape index (κ2) is 5.86. The first-order valence-corrected chi connectivity index (χ1v) is 10.5. The fraction of sp³-hybridized carbons (Fsp3) is 0.500. The van der Waals surface area contributed by atoms with E-state index in [1.54, 1.807) is 6.92 Å². The molecule has 1 aliphatic rings. The van der Waals surface area contributed by atoms with E-state index in [4.69, 9.17) is 5.73 Å². The maximum atomic E-state index is 12.7. The molecule has 118 valence electrons. The highest BCUT2D eigenvalue weighted by atomic mass is 79.9. The molecule has 0 bridgehead atoms. The molecule has 0 radical (unpaired) electrons. The van der Waals surface area contributed by atoms with E-state index in [0.29, 0.717) is 16.6 Å². The second-order valence-corrected chi connectivity index (χ2v) is 9.92. The van der Waals surface area contributed by atoms with Crippen molar-refractivity contribution in [2.75, 3.05) is 23.8 Å². The Hall–Kier alpha value is -0.640. The number of hydrogen-bond donors (Lipinski definition) is 1. The van der Waals surface area contributed by atoms with Crippen LogP contribution in [0, 0.1) is 0 Å². The Morgan fingerprint density at radius 3 is 2.57 bits per heavy atom. The van der Waals surface area contributed by atoms with Crippen LogP contribution in [0.5, 0.6) is 0 Å². The summed E-state index contributed by atoms with van der Waals surface area (Å²) in [7, 11) is -6.88. The number of hydrogen-bond acceptors (Lipinski definition) is 5. The Bertz CT molecular complexity index is 747. The van der Waals surface area contributed by atoms with E-state index in [-0.39, 0.29) is 22.9 Å². The molecule has 1 atom stereocenters. The summed E-state index contributed by atoms with van der Waals surface area (Å²) >= 11 is 3.21. The first-order chi connectivity index (χ1) is 9.67. The molecule has 1 aromatic carbocycles. The molecule has 0 aromatic heterocycles. The van der Waals surface area contributed by atoms with Crippen molar-refractivity contribution in [2.45, 2.75) is 24.3 Å². The van der Waals surface area contributed by atoms with Crippen molar-refractivity contribution in [1.29, 1.82) is 0 Å². The quantitative estimate of drug-likeness (QED) is 0.771. The van der Waals surface area contributed by atoms with Gasteiger partial charge in [0.2, 0.25) is 10.0 Å². The summed E-state index contributed by atoms with van der Waals surface area (Å²) in [5.41, 5.74) is 6.11. The van der Waals surface area contributed by atoms with Gasteiger partial charge in [-0.25, -0.2) is 16.8 Å². The number of nitrogen functional groups attached to an aromatic ring is 1. The Morgan fingerprint density at radius 2 is 2.10 bits per heavy atom. The SMILES string of the molecule is CCN(C1CCS(=O)(=O)C1)S(=O)(=O)c1ccc(N)c(Br)c1. The van der Waals surface area contributed by atoms with Crippen LogP contribution in [-0.4, -0.2) is 45.2 Å². The largest absolute Gasteiger partial charge is 0.398 e. The summed E-state index contributed by atoms with van der Waals surface area (Å²) in [6.45, 7) is 1.93. The molecule has 2 rings (SSSR count). The van der Waals surface area contributed by atoms with E-state index in [9.17, 15) is 16.8 Å². The van der Waals surface area contributed by atoms with Crippen LogP contribution >= 0.6 is 15.9 Å². The van der Waals surface area contributed by atoms with E-state index >= 15 is 0 Å². The molecule has 1 aliphatic heterocycles. The average molecular weight is 397 g/mol. The Balaban J connectivity index is 2.38. The molecule has 1 saturated heterocycles. The highest BCUT2D eigenvalue weighted by molar-refractivity contribution is 9.10. The molecule has 0 amide bonds. The molecule has 9 heteroatoms. The van der Waals surface area contributed by atoms with E-state index in [1.165, 1.54) is 22.5 Å². The topological polar surface area (TPSA) is 97.5 Å². The number of nitrogens with two attached hydrogens (primary N) is 1. The Kier molecular flexibility index (Phi) is 4.67. The fourth-order valence-electron chi connectivity index (χ4n) is 2.43. The average Bonchev–Trinajstić information content (AvgIpc) is 2.73. The number of nitrogens with zero attached hydrogens (tertiary/aromatic N) is 1. The van der Waals surface area contributed by atoms with Gasteiger partial charge in [0.1, 0.15) is 0 Å². The first-order valence-electron chi connectivity index (χ1n) is 6.44. The molecule has 0 spiro atoms. The lowest BCUT2D eigenvalue weighted by Gasteiger charge is -2.26. The molecule has 1 aromatic rings. The van der Waals surface area contributed by atoms with Crippen LogP contribution in [0.3, 0.4) is 0 Å². The lowest BCUT2D eigenvalue weighted by Crippen LogP contribution is -2.40. The highest BCUT2D eigenvalue weighted by Crippen LogP contribution is 2.28. The molecular formula is C12H17BrN2O4S2. The lowest BCUT2D eigenvalue weighted by atomic mass is 10.3. The second-order valence-electron chi connectivity index (χ2n) is 4.95. The van der Waals surface area contributed by atoms with E-state index < -0.39 is 25.9 Å². The predicted octanol–water partition coefficient (Wildman–Crippen LogP) is 1.23. The van der Waals surface area contributed by atoms with Crippen LogP contribution in [0.1, 0.15) is 13.3 Å². The van der Waals surface area contributed by atoms with Crippen LogP contribution in [0.15, 0.2) is 27.6 Å². The third-order valence-corrected chi connectivity index (χ3v) is 7.97. The van der Waals surface area contributed by atoms with Gasteiger partial charge in [-0.3, -0.25) is 0 Å². The zero-order chi connectivity index (χ0) is 15.8. The van der Waals surface area contributed by atoms with Gasteiger partial charge in [0.05, 0.1) is 16.4 Å². The zero-order valence-electron chi connectivity index (χ0n) is 11.5. The standard InChI is InChI=1S/C12H17BrN2O4S2/c1-2-15(9-5-6-20(16,17)8-9)21(18,19)10-3-4-12(14)11(13)7-10/h3-4,7,9H,2,5-6,8,14H2,1H3. The first kappa shape index (κ1) is 16.7. The van der Waals surface area contributed by atoms with Crippen molar-refractivity contribution in [3.8, 4) is 0 Å². The van der Waals surface area contributed by atoms with Crippen LogP contribution < -0.4 is 5.73 Å². The van der Waals surface area contributed by atoms with Crippen LogP contribution in [0.4, 0.5) is 5.69 Å². The molecule has 0 aliphatic carbocycles. The summed E-state index contributed by atoms with van der Waals surface area (Å²) < 4.78 is 50.3. The monoisotopic (exact) mass is 396 g/mol. The molecule has 1 fully saturated rings. The Labute approximate surface area is 133 Å². The van der Waals surface area contributed by atoms with E-state index in [2.05, 4.69) is 15.9 Å². The van der Waals surface area contributed by atoms with Crippen molar-refractivity contribution in [3.63, 3.8) is 0 Å². The van der Waals surface area contributed by atoms with Gasteiger partial charge >= 0.3 is 0 Å². The van der Waals surface area contributed by atoms with Gasteiger partial charge < -0.3 is 5.73 Å². The number of sulfonamides is 1. The maximum absolute atomic E-state index is 12.7. The Morgan fingerprint density at radius 1 is 1.43 bits per heavy atom. The molecule has 1 unspecified atom stereocenters. The highest BCUT2D eigenvalue weighted by Gasteiger charge is 2.37. The van der Waals surface area contributed by atoms with Gasteiger partial charge in [0.25, 0.3) is 0 Å². The van der Waals surface area contributed by atoms with Crippen LogP contribution in [0.25, 0.3) is 0 Å². The third-order valence-electron chi connectivity index (χ3n) is 3.51. The van der Waals surface area contributed by atoms with Crippen LogP contribution in [-0.2, 0) is 19.9 Å². The third kappa shape index (κ3) is 3.41. The molecular weight excluding hydrogens is 380 g/mol. The van der Waals surface area contributed by atoms with Gasteiger partial charge in [-0.2, -0.15) is 4.31 Å². The van der Waals surface area contributed by atoms with Crippen molar-refractivity contribution in [1.82, 2.24) is 4.31 Å². The molecule has 1 heterocycles. The molecule has 0 saturated carbocycles. The van der Waals surface area contributed by atoms with Crippen molar-refractivity contribution < 1.29 is 16.8 Å². The minimum absolute atomic E-state index is 0.0368. The zero-order valence-corrected chi connectivity index (χ0v) is 14.7. The fourth-order valence-corrected chi connectivity index (χ4v) is 6.48. The summed E-state index contributed by atoms with van der Waals surface area (Å²) in [5, 5.41) is 0. The molecule has 2 N–H and O–H groups in total. The number of anilines is 1. The molecule has 21 heavy (non-hydrogen) atoms. The van der Waals surface area contributed by atoms with Crippen molar-refractivity contribution in [2.24, 2.45) is 0 Å². The van der Waals surface area contributed by atoms with Gasteiger partial charge in [0, 0.05) is 22.7 Å². The summed E-state index contributed by atoms with van der Waals surface area (Å²) in [6.07, 6.45) is 0.339. The van der Waals surface area contributed by atoms with Gasteiger partial charge in [-0.15, -0.1) is 0 Å². The number of sulfone groups is 1.